The first-order valence-corrected chi connectivity index (χ1v) is 8.23. The van der Waals surface area contributed by atoms with Crippen LogP contribution in [0.3, 0.4) is 0 Å². The fourth-order valence-electron chi connectivity index (χ4n) is 2.07. The molecule has 0 unspecified atom stereocenters. The second kappa shape index (κ2) is 9.13. The van der Waals surface area contributed by atoms with Crippen LogP contribution in [-0.4, -0.2) is 17.7 Å². The van der Waals surface area contributed by atoms with E-state index in [-0.39, 0.29) is 24.7 Å². The molecule has 5 nitrogen and oxygen atoms in total. The van der Waals surface area contributed by atoms with E-state index in [0.717, 1.165) is 12.2 Å². The summed E-state index contributed by atoms with van der Waals surface area (Å²) in [7, 11) is 0. The molecular weight excluding hydrogens is 330 g/mol. The summed E-state index contributed by atoms with van der Waals surface area (Å²) in [4.78, 5) is 22.5. The van der Waals surface area contributed by atoms with Gasteiger partial charge in [0.05, 0.1) is 0 Å². The summed E-state index contributed by atoms with van der Waals surface area (Å²) < 4.78 is 11.1. The van der Waals surface area contributed by atoms with Crippen LogP contribution < -0.4 is 10.1 Å². The maximum absolute atomic E-state index is 11.9. The number of nitrogens with one attached hydrogen (secondary N) is 1. The summed E-state index contributed by atoms with van der Waals surface area (Å²) >= 11 is 5.23. The highest BCUT2D eigenvalue weighted by atomic mass is 35.5. The van der Waals surface area contributed by atoms with Gasteiger partial charge < -0.3 is 14.5 Å². The third kappa shape index (κ3) is 5.74. The quantitative estimate of drug-likeness (QED) is 0.553. The molecular formula is C18H20ClNO4. The average Bonchev–Trinajstić information content (AvgIpc) is 3.06. The maximum atomic E-state index is 11.9. The minimum absolute atomic E-state index is 0.215. The second-order valence-electron chi connectivity index (χ2n) is 5.27. The van der Waals surface area contributed by atoms with E-state index in [0.29, 0.717) is 18.7 Å². The zero-order valence-electron chi connectivity index (χ0n) is 13.5. The van der Waals surface area contributed by atoms with Crippen LogP contribution in [0, 0.1) is 0 Å². The van der Waals surface area contributed by atoms with Gasteiger partial charge in [-0.15, -0.1) is 0 Å². The van der Waals surface area contributed by atoms with Crippen molar-refractivity contribution >= 4 is 22.8 Å². The highest BCUT2D eigenvalue weighted by molar-refractivity contribution is 6.63. The van der Waals surface area contributed by atoms with E-state index < -0.39 is 5.24 Å². The van der Waals surface area contributed by atoms with Gasteiger partial charge in [0.25, 0.3) is 5.91 Å². The van der Waals surface area contributed by atoms with Gasteiger partial charge in [-0.25, -0.2) is 0 Å². The molecule has 0 saturated carbocycles. The zero-order valence-corrected chi connectivity index (χ0v) is 14.3. The van der Waals surface area contributed by atoms with Crippen molar-refractivity contribution in [2.45, 2.75) is 32.8 Å². The van der Waals surface area contributed by atoms with E-state index in [1.807, 2.05) is 24.3 Å². The molecule has 1 aromatic carbocycles. The molecule has 6 heteroatoms. The fraction of sp³-hybridized carbons (Fsp3) is 0.333. The smallest absolute Gasteiger partial charge is 0.286 e. The van der Waals surface area contributed by atoms with Gasteiger partial charge in [-0.2, -0.15) is 0 Å². The van der Waals surface area contributed by atoms with Gasteiger partial charge in [-0.05, 0) is 54.3 Å². The van der Waals surface area contributed by atoms with Crippen LogP contribution in [0.2, 0.25) is 0 Å². The number of furan rings is 1. The molecule has 1 N–H and O–H groups in total. The lowest BCUT2D eigenvalue weighted by atomic mass is 10.2. The Bertz CT molecular complexity index is 679. The molecule has 1 aromatic heterocycles. The van der Waals surface area contributed by atoms with Crippen molar-refractivity contribution in [3.63, 3.8) is 0 Å². The molecule has 2 rings (SSSR count). The summed E-state index contributed by atoms with van der Waals surface area (Å²) in [6.45, 7) is 2.71. The number of halogens is 1. The second-order valence-corrected chi connectivity index (χ2v) is 5.69. The number of benzene rings is 1. The number of carbonyl (C=O) groups excluding carboxylic acids is 2. The molecule has 24 heavy (non-hydrogen) atoms. The van der Waals surface area contributed by atoms with Crippen molar-refractivity contribution < 1.29 is 18.7 Å². The zero-order chi connectivity index (χ0) is 17.4. The molecule has 0 aliphatic rings. The molecule has 0 radical (unpaired) electrons. The lowest BCUT2D eigenvalue weighted by Crippen LogP contribution is -2.24. The third-order valence-corrected chi connectivity index (χ3v) is 3.62. The van der Waals surface area contributed by atoms with Gasteiger partial charge >= 0.3 is 0 Å². The van der Waals surface area contributed by atoms with Crippen molar-refractivity contribution in [1.29, 1.82) is 0 Å². The van der Waals surface area contributed by atoms with Crippen LogP contribution in [0.15, 0.2) is 40.8 Å². The van der Waals surface area contributed by atoms with Gasteiger partial charge in [0.2, 0.25) is 5.24 Å². The molecule has 1 heterocycles. The Hall–Kier alpha value is -2.27. The number of hydrogen-bond acceptors (Lipinski definition) is 4. The molecule has 1 amide bonds. The Balaban J connectivity index is 1.79. The average molecular weight is 350 g/mol. The molecule has 0 aliphatic heterocycles. The summed E-state index contributed by atoms with van der Waals surface area (Å²) in [5.74, 6) is 1.21. The Morgan fingerprint density at radius 2 is 1.92 bits per heavy atom. The fourth-order valence-corrected chi connectivity index (χ4v) is 2.20. The highest BCUT2D eigenvalue weighted by Gasteiger charge is 2.11. The molecule has 0 atom stereocenters. The van der Waals surface area contributed by atoms with E-state index in [1.54, 1.807) is 12.1 Å². The first kappa shape index (κ1) is 18.1. The Morgan fingerprint density at radius 1 is 1.17 bits per heavy atom. The minimum atomic E-state index is -0.409. The van der Waals surface area contributed by atoms with E-state index in [2.05, 4.69) is 12.2 Å². The third-order valence-electron chi connectivity index (χ3n) is 3.43. The Labute approximate surface area is 145 Å². The molecule has 0 saturated heterocycles. The van der Waals surface area contributed by atoms with Crippen molar-refractivity contribution in [3.8, 4) is 5.75 Å². The summed E-state index contributed by atoms with van der Waals surface area (Å²) in [6, 6.07) is 11.2. The summed E-state index contributed by atoms with van der Waals surface area (Å²) in [5, 5.41) is 2.26. The van der Waals surface area contributed by atoms with Crippen LogP contribution in [0.5, 0.6) is 5.75 Å². The van der Waals surface area contributed by atoms with Crippen molar-refractivity contribution in [2.24, 2.45) is 0 Å². The van der Waals surface area contributed by atoms with E-state index in [1.165, 1.54) is 5.56 Å². The molecule has 0 aliphatic carbocycles. The number of aryl methyl sites for hydroxylation is 1. The minimum Gasteiger partial charge on any atom is -0.486 e. The van der Waals surface area contributed by atoms with Crippen LogP contribution in [0.1, 0.15) is 41.6 Å². The number of ether oxygens (including phenoxy) is 1. The lowest BCUT2D eigenvalue weighted by Gasteiger charge is -2.05. The SMILES string of the molecule is CCc1ccc(OCc2ccc(C(=O)NCCCC(=O)Cl)o2)cc1. The van der Waals surface area contributed by atoms with E-state index >= 15 is 0 Å². The monoisotopic (exact) mass is 349 g/mol. The molecule has 128 valence electrons. The standard InChI is InChI=1S/C18H20ClNO4/c1-2-13-5-7-14(8-6-13)23-12-15-9-10-16(24-15)18(22)20-11-3-4-17(19)21/h5-10H,2-4,11-12H2,1H3,(H,20,22). The number of carbonyl (C=O) groups is 2. The van der Waals surface area contributed by atoms with Crippen LogP contribution in [-0.2, 0) is 17.8 Å². The van der Waals surface area contributed by atoms with Crippen molar-refractivity contribution in [2.75, 3.05) is 6.54 Å². The van der Waals surface area contributed by atoms with Gasteiger partial charge in [0.1, 0.15) is 18.1 Å². The van der Waals surface area contributed by atoms with Gasteiger partial charge in [-0.3, -0.25) is 9.59 Å². The highest BCUT2D eigenvalue weighted by Crippen LogP contribution is 2.16. The number of amides is 1. The van der Waals surface area contributed by atoms with Gasteiger partial charge in [-0.1, -0.05) is 19.1 Å². The topological polar surface area (TPSA) is 68.5 Å². The Kier molecular flexibility index (Phi) is 6.88. The Morgan fingerprint density at radius 3 is 2.58 bits per heavy atom. The van der Waals surface area contributed by atoms with Crippen molar-refractivity contribution in [3.05, 3.63) is 53.5 Å². The number of hydrogen-bond donors (Lipinski definition) is 1. The number of rotatable bonds is 9. The van der Waals surface area contributed by atoms with Crippen molar-refractivity contribution in [1.82, 2.24) is 5.32 Å². The van der Waals surface area contributed by atoms with E-state index in [9.17, 15) is 9.59 Å². The largest absolute Gasteiger partial charge is 0.486 e. The predicted octanol–water partition coefficient (Wildman–Crippen LogP) is 3.70. The van der Waals surface area contributed by atoms with Crippen LogP contribution in [0.4, 0.5) is 0 Å². The first-order chi connectivity index (χ1) is 11.6. The first-order valence-electron chi connectivity index (χ1n) is 7.85. The lowest BCUT2D eigenvalue weighted by molar-refractivity contribution is -0.111. The van der Waals surface area contributed by atoms with Gasteiger partial charge in [0, 0.05) is 13.0 Å². The molecule has 2 aromatic rings. The normalized spacial score (nSPS) is 10.4. The summed E-state index contributed by atoms with van der Waals surface area (Å²) in [6.07, 6.45) is 1.71. The summed E-state index contributed by atoms with van der Waals surface area (Å²) in [5.41, 5.74) is 1.25. The molecule has 0 bridgehead atoms. The van der Waals surface area contributed by atoms with E-state index in [4.69, 9.17) is 20.8 Å². The maximum Gasteiger partial charge on any atom is 0.286 e. The van der Waals surface area contributed by atoms with Crippen LogP contribution >= 0.6 is 11.6 Å². The molecule has 0 spiro atoms. The van der Waals surface area contributed by atoms with Crippen LogP contribution in [0.25, 0.3) is 0 Å². The van der Waals surface area contributed by atoms with Gasteiger partial charge in [0.15, 0.2) is 5.76 Å². The predicted molar refractivity (Wildman–Crippen MR) is 91.3 cm³/mol. The molecule has 0 fully saturated rings.